The van der Waals surface area contributed by atoms with Crippen LogP contribution in [0.25, 0.3) is 0 Å². The number of nitrogens with one attached hydrogen (secondary N) is 1. The SMILES string of the molecule is Fc1ccc([C@@H](C2CCCCC2)C2CCNCC2)cc1. The normalized spacial score (nSPS) is 23.6. The van der Waals surface area contributed by atoms with Crippen LogP contribution >= 0.6 is 0 Å². The van der Waals surface area contributed by atoms with Gasteiger partial charge in [-0.1, -0.05) is 31.4 Å². The Hall–Kier alpha value is -0.890. The maximum atomic E-state index is 13.2. The third kappa shape index (κ3) is 3.22. The third-order valence-corrected chi connectivity index (χ3v) is 5.30. The van der Waals surface area contributed by atoms with Crippen LogP contribution in [0.2, 0.25) is 0 Å². The van der Waals surface area contributed by atoms with E-state index in [2.05, 4.69) is 5.32 Å². The van der Waals surface area contributed by atoms with Crippen molar-refractivity contribution < 1.29 is 4.39 Å². The largest absolute Gasteiger partial charge is 0.317 e. The van der Waals surface area contributed by atoms with Gasteiger partial charge in [-0.3, -0.25) is 0 Å². The lowest BCUT2D eigenvalue weighted by atomic mass is 9.68. The van der Waals surface area contributed by atoms with Crippen molar-refractivity contribution in [2.75, 3.05) is 13.1 Å². The highest BCUT2D eigenvalue weighted by molar-refractivity contribution is 5.22. The molecule has 1 aliphatic carbocycles. The Kier molecular flexibility index (Phi) is 4.72. The van der Waals surface area contributed by atoms with Crippen molar-refractivity contribution >= 4 is 0 Å². The monoisotopic (exact) mass is 275 g/mol. The van der Waals surface area contributed by atoms with Gasteiger partial charge in [0, 0.05) is 0 Å². The van der Waals surface area contributed by atoms with Crippen LogP contribution in [0.5, 0.6) is 0 Å². The van der Waals surface area contributed by atoms with Gasteiger partial charge < -0.3 is 5.32 Å². The number of halogens is 1. The Morgan fingerprint density at radius 1 is 0.850 bits per heavy atom. The molecule has 110 valence electrons. The van der Waals surface area contributed by atoms with Crippen LogP contribution in [-0.2, 0) is 0 Å². The van der Waals surface area contributed by atoms with E-state index in [4.69, 9.17) is 0 Å². The summed E-state index contributed by atoms with van der Waals surface area (Å²) in [5.74, 6) is 2.14. The fourth-order valence-electron chi connectivity index (χ4n) is 4.31. The quantitative estimate of drug-likeness (QED) is 0.857. The molecule has 1 aromatic rings. The zero-order valence-corrected chi connectivity index (χ0v) is 12.3. The molecule has 1 atom stereocenters. The molecule has 1 N–H and O–H groups in total. The van der Waals surface area contributed by atoms with Gasteiger partial charge in [-0.25, -0.2) is 4.39 Å². The van der Waals surface area contributed by atoms with Gasteiger partial charge in [0.2, 0.25) is 0 Å². The molecule has 2 heteroatoms. The number of rotatable bonds is 3. The first-order valence-corrected chi connectivity index (χ1v) is 8.31. The van der Waals surface area contributed by atoms with E-state index >= 15 is 0 Å². The minimum atomic E-state index is -0.110. The lowest BCUT2D eigenvalue weighted by Gasteiger charge is -2.38. The van der Waals surface area contributed by atoms with Gasteiger partial charge >= 0.3 is 0 Å². The fourth-order valence-corrected chi connectivity index (χ4v) is 4.31. The Labute approximate surface area is 122 Å². The minimum absolute atomic E-state index is 0.110. The van der Waals surface area contributed by atoms with Crippen molar-refractivity contribution in [2.45, 2.75) is 50.9 Å². The van der Waals surface area contributed by atoms with E-state index in [1.165, 1.54) is 50.5 Å². The molecule has 1 saturated heterocycles. The lowest BCUT2D eigenvalue weighted by molar-refractivity contribution is 0.209. The summed E-state index contributed by atoms with van der Waals surface area (Å²) in [5.41, 5.74) is 1.38. The second-order valence-electron chi connectivity index (χ2n) is 6.56. The predicted octanol–water partition coefficient (Wildman–Crippen LogP) is 4.49. The second-order valence-corrected chi connectivity index (χ2v) is 6.56. The van der Waals surface area contributed by atoms with Crippen molar-refractivity contribution in [3.05, 3.63) is 35.6 Å². The van der Waals surface area contributed by atoms with Gasteiger partial charge in [-0.05, 0) is 74.2 Å². The second kappa shape index (κ2) is 6.71. The van der Waals surface area contributed by atoms with Gasteiger partial charge in [0.1, 0.15) is 5.82 Å². The molecule has 2 aliphatic rings. The number of hydrogen-bond acceptors (Lipinski definition) is 1. The van der Waals surface area contributed by atoms with E-state index in [-0.39, 0.29) is 5.82 Å². The summed E-state index contributed by atoms with van der Waals surface area (Å²) < 4.78 is 13.2. The van der Waals surface area contributed by atoms with Gasteiger partial charge in [0.15, 0.2) is 0 Å². The third-order valence-electron chi connectivity index (χ3n) is 5.30. The summed E-state index contributed by atoms with van der Waals surface area (Å²) >= 11 is 0. The molecule has 0 aromatic heterocycles. The molecular formula is C18H26FN. The van der Waals surface area contributed by atoms with Crippen LogP contribution in [0.15, 0.2) is 24.3 Å². The van der Waals surface area contributed by atoms with Crippen LogP contribution in [-0.4, -0.2) is 13.1 Å². The average molecular weight is 275 g/mol. The van der Waals surface area contributed by atoms with Crippen LogP contribution in [0.3, 0.4) is 0 Å². The molecule has 1 heterocycles. The predicted molar refractivity (Wildman–Crippen MR) is 81.3 cm³/mol. The van der Waals surface area contributed by atoms with Crippen molar-refractivity contribution in [1.29, 1.82) is 0 Å². The molecule has 1 nitrogen and oxygen atoms in total. The summed E-state index contributed by atoms with van der Waals surface area (Å²) in [7, 11) is 0. The summed E-state index contributed by atoms with van der Waals surface area (Å²) in [6.07, 6.45) is 9.45. The van der Waals surface area contributed by atoms with Crippen LogP contribution in [0.4, 0.5) is 4.39 Å². The summed E-state index contributed by atoms with van der Waals surface area (Å²) in [5, 5.41) is 3.47. The molecule has 20 heavy (non-hydrogen) atoms. The molecule has 0 radical (unpaired) electrons. The Morgan fingerprint density at radius 2 is 1.45 bits per heavy atom. The molecule has 0 amide bonds. The molecule has 1 aromatic carbocycles. The van der Waals surface area contributed by atoms with Gasteiger partial charge in [0.25, 0.3) is 0 Å². The van der Waals surface area contributed by atoms with Gasteiger partial charge in [-0.15, -0.1) is 0 Å². The number of piperidine rings is 1. The van der Waals surface area contributed by atoms with Crippen LogP contribution in [0, 0.1) is 17.7 Å². The first kappa shape index (κ1) is 14.1. The molecular weight excluding hydrogens is 249 g/mol. The van der Waals surface area contributed by atoms with E-state index in [9.17, 15) is 4.39 Å². The summed E-state index contributed by atoms with van der Waals surface area (Å²) in [4.78, 5) is 0. The molecule has 1 aliphatic heterocycles. The maximum absolute atomic E-state index is 13.2. The minimum Gasteiger partial charge on any atom is -0.317 e. The highest BCUT2D eigenvalue weighted by Gasteiger charge is 2.32. The lowest BCUT2D eigenvalue weighted by Crippen LogP contribution is -2.34. The summed E-state index contributed by atoms with van der Waals surface area (Å²) in [6, 6.07) is 7.37. The van der Waals surface area contributed by atoms with Crippen LogP contribution < -0.4 is 5.32 Å². The van der Waals surface area contributed by atoms with Gasteiger partial charge in [-0.2, -0.15) is 0 Å². The Balaban J connectivity index is 1.83. The molecule has 0 bridgehead atoms. The highest BCUT2D eigenvalue weighted by Crippen LogP contribution is 2.43. The van der Waals surface area contributed by atoms with E-state index in [1.807, 2.05) is 12.1 Å². The summed E-state index contributed by atoms with van der Waals surface area (Å²) in [6.45, 7) is 2.30. The zero-order chi connectivity index (χ0) is 13.8. The molecule has 2 fully saturated rings. The van der Waals surface area contributed by atoms with Crippen molar-refractivity contribution in [2.24, 2.45) is 11.8 Å². The van der Waals surface area contributed by atoms with Crippen molar-refractivity contribution in [3.63, 3.8) is 0 Å². The average Bonchev–Trinajstić information content (AvgIpc) is 2.52. The zero-order valence-electron chi connectivity index (χ0n) is 12.3. The fraction of sp³-hybridized carbons (Fsp3) is 0.667. The van der Waals surface area contributed by atoms with E-state index in [0.717, 1.165) is 24.9 Å². The van der Waals surface area contributed by atoms with E-state index < -0.39 is 0 Å². The molecule has 0 spiro atoms. The standard InChI is InChI=1S/C18H26FN/c19-17-8-6-15(7-9-17)18(14-4-2-1-3-5-14)16-10-12-20-13-11-16/h6-9,14,16,18,20H,1-5,10-13H2/t18-/m1/s1. The van der Waals surface area contributed by atoms with Crippen molar-refractivity contribution in [3.8, 4) is 0 Å². The van der Waals surface area contributed by atoms with Gasteiger partial charge in [0.05, 0.1) is 0 Å². The molecule has 3 rings (SSSR count). The van der Waals surface area contributed by atoms with E-state index in [1.54, 1.807) is 12.1 Å². The molecule has 0 unspecified atom stereocenters. The first-order valence-electron chi connectivity index (χ1n) is 8.31. The van der Waals surface area contributed by atoms with Crippen molar-refractivity contribution in [1.82, 2.24) is 5.32 Å². The highest BCUT2D eigenvalue weighted by atomic mass is 19.1. The molecule has 1 saturated carbocycles. The van der Waals surface area contributed by atoms with E-state index in [0.29, 0.717) is 5.92 Å². The first-order chi connectivity index (χ1) is 9.84. The smallest absolute Gasteiger partial charge is 0.123 e. The Morgan fingerprint density at radius 3 is 2.10 bits per heavy atom. The number of benzene rings is 1. The Bertz CT molecular complexity index is 384. The number of hydrogen-bond donors (Lipinski definition) is 1. The topological polar surface area (TPSA) is 12.0 Å². The maximum Gasteiger partial charge on any atom is 0.123 e. The van der Waals surface area contributed by atoms with Crippen LogP contribution in [0.1, 0.15) is 56.4 Å².